The Morgan fingerprint density at radius 3 is 2.47 bits per heavy atom. The molecule has 0 spiro atoms. The van der Waals surface area contributed by atoms with Gasteiger partial charge >= 0.3 is 0 Å². The molecule has 19 heavy (non-hydrogen) atoms. The Morgan fingerprint density at radius 2 is 1.95 bits per heavy atom. The normalized spacial score (nSPS) is 14.0. The molecule has 1 N–H and O–H groups in total. The van der Waals surface area contributed by atoms with Crippen LogP contribution in [0.1, 0.15) is 26.2 Å². The van der Waals surface area contributed by atoms with Gasteiger partial charge in [-0.05, 0) is 37.1 Å². The molecule has 0 radical (unpaired) electrons. The molecule has 0 saturated heterocycles. The van der Waals surface area contributed by atoms with Gasteiger partial charge < -0.3 is 10.2 Å². The lowest BCUT2D eigenvalue weighted by Gasteiger charge is -2.21. The molecule has 1 aliphatic carbocycles. The Kier molecular flexibility index (Phi) is 4.58. The molecule has 2 rings (SSSR count). The van der Waals surface area contributed by atoms with E-state index in [1.165, 1.54) is 6.92 Å². The fourth-order valence-corrected chi connectivity index (χ4v) is 2.09. The minimum atomic E-state index is -0.0541. The molecule has 0 unspecified atom stereocenters. The topological polar surface area (TPSA) is 49.4 Å². The van der Waals surface area contributed by atoms with Crippen LogP contribution < -0.4 is 10.2 Å². The molecule has 0 aliphatic heterocycles. The van der Waals surface area contributed by atoms with Crippen molar-refractivity contribution in [2.75, 3.05) is 11.4 Å². The largest absolute Gasteiger partial charge is 0.353 e. The van der Waals surface area contributed by atoms with Crippen LogP contribution in [0, 0.1) is 0 Å². The number of carbonyl (C=O) groups is 2. The van der Waals surface area contributed by atoms with Crippen molar-refractivity contribution in [1.29, 1.82) is 0 Å². The third kappa shape index (κ3) is 4.35. The van der Waals surface area contributed by atoms with Crippen molar-refractivity contribution in [3.63, 3.8) is 0 Å². The SMILES string of the molecule is CC(=O)N(CCC(=O)NC1CC1)c1ccc(Br)cc1. The second-order valence-electron chi connectivity index (χ2n) is 4.74. The Balaban J connectivity index is 1.93. The summed E-state index contributed by atoms with van der Waals surface area (Å²) in [4.78, 5) is 24.9. The van der Waals surface area contributed by atoms with E-state index in [0.717, 1.165) is 23.0 Å². The van der Waals surface area contributed by atoms with Gasteiger partial charge in [-0.2, -0.15) is 0 Å². The zero-order valence-corrected chi connectivity index (χ0v) is 12.4. The van der Waals surface area contributed by atoms with Gasteiger partial charge in [-0.25, -0.2) is 0 Å². The van der Waals surface area contributed by atoms with E-state index in [1.807, 2.05) is 24.3 Å². The first-order valence-electron chi connectivity index (χ1n) is 6.39. The Bertz CT molecular complexity index is 469. The zero-order chi connectivity index (χ0) is 13.8. The quantitative estimate of drug-likeness (QED) is 0.904. The summed E-state index contributed by atoms with van der Waals surface area (Å²) in [6.07, 6.45) is 2.50. The monoisotopic (exact) mass is 324 g/mol. The van der Waals surface area contributed by atoms with Crippen LogP contribution in [-0.4, -0.2) is 24.4 Å². The highest BCUT2D eigenvalue weighted by molar-refractivity contribution is 9.10. The molecular formula is C14H17BrN2O2. The van der Waals surface area contributed by atoms with Crippen molar-refractivity contribution < 1.29 is 9.59 Å². The van der Waals surface area contributed by atoms with Crippen LogP contribution >= 0.6 is 15.9 Å². The van der Waals surface area contributed by atoms with E-state index >= 15 is 0 Å². The van der Waals surface area contributed by atoms with Crippen molar-refractivity contribution in [1.82, 2.24) is 5.32 Å². The average molecular weight is 325 g/mol. The maximum atomic E-state index is 11.7. The standard InChI is InChI=1S/C14H17BrN2O2/c1-10(18)17(13-6-2-11(15)3-7-13)9-8-14(19)16-12-4-5-12/h2-3,6-7,12H,4-5,8-9H2,1H3,(H,16,19). The predicted octanol–water partition coefficient (Wildman–Crippen LogP) is 2.47. The van der Waals surface area contributed by atoms with Gasteiger partial charge in [0.05, 0.1) is 0 Å². The van der Waals surface area contributed by atoms with E-state index in [-0.39, 0.29) is 11.8 Å². The number of rotatable bonds is 5. The fraction of sp³-hybridized carbons (Fsp3) is 0.429. The lowest BCUT2D eigenvalue weighted by atomic mass is 10.2. The number of amides is 2. The summed E-state index contributed by atoms with van der Waals surface area (Å²) in [6.45, 7) is 1.93. The van der Waals surface area contributed by atoms with Crippen LogP contribution in [0.3, 0.4) is 0 Å². The maximum Gasteiger partial charge on any atom is 0.223 e. The van der Waals surface area contributed by atoms with Crippen LogP contribution in [0.5, 0.6) is 0 Å². The van der Waals surface area contributed by atoms with Crippen molar-refractivity contribution >= 4 is 33.4 Å². The highest BCUT2D eigenvalue weighted by Crippen LogP contribution is 2.20. The fourth-order valence-electron chi connectivity index (χ4n) is 1.83. The lowest BCUT2D eigenvalue weighted by Crippen LogP contribution is -2.34. The molecule has 4 nitrogen and oxygen atoms in total. The number of hydrogen-bond donors (Lipinski definition) is 1. The number of carbonyl (C=O) groups excluding carboxylic acids is 2. The van der Waals surface area contributed by atoms with Crippen LogP contribution in [-0.2, 0) is 9.59 Å². The molecule has 2 amide bonds. The molecule has 0 aromatic heterocycles. The second kappa shape index (κ2) is 6.19. The van der Waals surface area contributed by atoms with Gasteiger partial charge in [-0.1, -0.05) is 15.9 Å². The summed E-state index contributed by atoms with van der Waals surface area (Å²) in [5.41, 5.74) is 0.815. The van der Waals surface area contributed by atoms with E-state index in [1.54, 1.807) is 4.90 Å². The molecule has 1 fully saturated rings. The third-order valence-electron chi connectivity index (χ3n) is 3.02. The molecule has 1 saturated carbocycles. The van der Waals surface area contributed by atoms with Gasteiger partial charge in [0, 0.05) is 36.1 Å². The van der Waals surface area contributed by atoms with E-state index < -0.39 is 0 Å². The van der Waals surface area contributed by atoms with Crippen LogP contribution in [0.15, 0.2) is 28.7 Å². The first-order valence-corrected chi connectivity index (χ1v) is 7.18. The molecule has 102 valence electrons. The highest BCUT2D eigenvalue weighted by Gasteiger charge is 2.23. The van der Waals surface area contributed by atoms with Gasteiger partial charge in [0.2, 0.25) is 11.8 Å². The number of halogens is 1. The lowest BCUT2D eigenvalue weighted by molar-refractivity contribution is -0.121. The van der Waals surface area contributed by atoms with E-state index in [4.69, 9.17) is 0 Å². The molecular weight excluding hydrogens is 308 g/mol. The summed E-state index contributed by atoms with van der Waals surface area (Å²) in [5, 5.41) is 2.92. The van der Waals surface area contributed by atoms with Crippen molar-refractivity contribution in [3.8, 4) is 0 Å². The number of nitrogens with one attached hydrogen (secondary N) is 1. The summed E-state index contributed by atoms with van der Waals surface area (Å²) in [6, 6.07) is 7.87. The molecule has 1 aromatic carbocycles. The number of nitrogens with zero attached hydrogens (tertiary/aromatic N) is 1. The van der Waals surface area contributed by atoms with Crippen molar-refractivity contribution in [2.24, 2.45) is 0 Å². The van der Waals surface area contributed by atoms with Crippen LogP contribution in [0.2, 0.25) is 0 Å². The van der Waals surface area contributed by atoms with Gasteiger partial charge in [-0.15, -0.1) is 0 Å². The predicted molar refractivity (Wildman–Crippen MR) is 78.0 cm³/mol. The minimum Gasteiger partial charge on any atom is -0.353 e. The first-order chi connectivity index (χ1) is 9.06. The van der Waals surface area contributed by atoms with E-state index in [9.17, 15) is 9.59 Å². The minimum absolute atomic E-state index is 0.0193. The molecule has 0 bridgehead atoms. The van der Waals surface area contributed by atoms with Gasteiger partial charge in [0.1, 0.15) is 0 Å². The Labute approximate surface area is 121 Å². The Hall–Kier alpha value is -1.36. The molecule has 1 aliphatic rings. The third-order valence-corrected chi connectivity index (χ3v) is 3.55. The van der Waals surface area contributed by atoms with E-state index in [0.29, 0.717) is 19.0 Å². The summed E-state index contributed by atoms with van der Waals surface area (Å²) >= 11 is 3.36. The highest BCUT2D eigenvalue weighted by atomic mass is 79.9. The average Bonchev–Trinajstić information content (AvgIpc) is 3.15. The summed E-state index contributed by atoms with van der Waals surface area (Å²) in [5.74, 6) is -0.0348. The molecule has 1 aromatic rings. The van der Waals surface area contributed by atoms with E-state index in [2.05, 4.69) is 21.2 Å². The summed E-state index contributed by atoms with van der Waals surface area (Å²) in [7, 11) is 0. The second-order valence-corrected chi connectivity index (χ2v) is 5.65. The molecule has 5 heteroatoms. The number of benzene rings is 1. The first kappa shape index (κ1) is 14.1. The van der Waals surface area contributed by atoms with Gasteiger partial charge in [0.15, 0.2) is 0 Å². The number of hydrogen-bond acceptors (Lipinski definition) is 2. The maximum absolute atomic E-state index is 11.7. The van der Waals surface area contributed by atoms with Crippen molar-refractivity contribution in [3.05, 3.63) is 28.7 Å². The number of anilines is 1. The smallest absolute Gasteiger partial charge is 0.223 e. The zero-order valence-electron chi connectivity index (χ0n) is 10.9. The summed E-state index contributed by atoms with van der Waals surface area (Å²) < 4.78 is 0.964. The molecule has 0 atom stereocenters. The molecule has 0 heterocycles. The van der Waals surface area contributed by atoms with Crippen LogP contribution in [0.25, 0.3) is 0 Å². The van der Waals surface area contributed by atoms with Crippen molar-refractivity contribution in [2.45, 2.75) is 32.2 Å². The Morgan fingerprint density at radius 1 is 1.32 bits per heavy atom. The van der Waals surface area contributed by atoms with Gasteiger partial charge in [-0.3, -0.25) is 9.59 Å². The van der Waals surface area contributed by atoms with Crippen LogP contribution in [0.4, 0.5) is 5.69 Å². The van der Waals surface area contributed by atoms with Gasteiger partial charge in [0.25, 0.3) is 0 Å².